The molecule has 2 heterocycles. The Morgan fingerprint density at radius 2 is 2.00 bits per heavy atom. The van der Waals surface area contributed by atoms with Crippen LogP contribution in [0.25, 0.3) is 10.6 Å². The molecule has 0 atom stereocenters. The van der Waals surface area contributed by atoms with E-state index in [1.54, 1.807) is 30.3 Å². The number of nitrogens with two attached hydrogens (primary N) is 1. The number of halogens is 2. The minimum absolute atomic E-state index is 0.166. The summed E-state index contributed by atoms with van der Waals surface area (Å²) in [5.74, 6) is 0.283. The van der Waals surface area contributed by atoms with Gasteiger partial charge >= 0.3 is 0 Å². The van der Waals surface area contributed by atoms with Crippen molar-refractivity contribution in [2.75, 3.05) is 5.73 Å². The number of benzene rings is 1. The van der Waals surface area contributed by atoms with E-state index in [-0.39, 0.29) is 5.91 Å². The second-order valence-electron chi connectivity index (χ2n) is 5.03. The molecule has 122 valence electrons. The molecule has 24 heavy (non-hydrogen) atoms. The lowest BCUT2D eigenvalue weighted by molar-refractivity contribution is 0.0955. The Kier molecular flexibility index (Phi) is 5.04. The van der Waals surface area contributed by atoms with Gasteiger partial charge in [-0.25, -0.2) is 4.98 Å². The number of rotatable bonds is 4. The van der Waals surface area contributed by atoms with Crippen molar-refractivity contribution >= 4 is 46.3 Å². The molecule has 0 aliphatic carbocycles. The average Bonchev–Trinajstić information content (AvgIpc) is 3.04. The van der Waals surface area contributed by atoms with Crippen LogP contribution >= 0.6 is 34.5 Å². The molecule has 3 rings (SSSR count). The highest BCUT2D eigenvalue weighted by atomic mass is 35.5. The molecule has 0 saturated heterocycles. The van der Waals surface area contributed by atoms with Crippen molar-refractivity contribution in [3.05, 3.63) is 69.0 Å². The van der Waals surface area contributed by atoms with E-state index >= 15 is 0 Å². The smallest absolute Gasteiger partial charge is 0.261 e. The molecule has 0 saturated carbocycles. The first-order chi connectivity index (χ1) is 11.5. The van der Waals surface area contributed by atoms with Crippen molar-refractivity contribution in [3.63, 3.8) is 0 Å². The molecule has 3 N–H and O–H groups in total. The molecule has 0 radical (unpaired) electrons. The third kappa shape index (κ3) is 3.87. The van der Waals surface area contributed by atoms with Crippen molar-refractivity contribution < 1.29 is 4.79 Å². The number of nitrogens with one attached hydrogen (secondary N) is 1. The number of anilines is 1. The number of amides is 1. The Balaban J connectivity index is 1.70. The van der Waals surface area contributed by atoms with Gasteiger partial charge in [0.15, 0.2) is 0 Å². The van der Waals surface area contributed by atoms with Gasteiger partial charge in [0.05, 0.1) is 15.4 Å². The highest BCUT2D eigenvalue weighted by Gasteiger charge is 2.12. The average molecular weight is 378 g/mol. The summed E-state index contributed by atoms with van der Waals surface area (Å²) in [6.07, 6.45) is 0. The molecule has 0 aliphatic heterocycles. The maximum absolute atomic E-state index is 12.3. The summed E-state index contributed by atoms with van der Waals surface area (Å²) in [6, 6.07) is 14.2. The Morgan fingerprint density at radius 1 is 1.17 bits per heavy atom. The summed E-state index contributed by atoms with van der Waals surface area (Å²) in [7, 11) is 0. The number of nitrogens with zero attached hydrogens (tertiary/aromatic N) is 1. The number of nitrogen functional groups attached to an aromatic ring is 1. The van der Waals surface area contributed by atoms with Crippen molar-refractivity contribution in [1.82, 2.24) is 10.3 Å². The van der Waals surface area contributed by atoms with Gasteiger partial charge in [0.2, 0.25) is 0 Å². The minimum Gasteiger partial charge on any atom is -0.384 e. The molecule has 0 aliphatic rings. The van der Waals surface area contributed by atoms with Crippen LogP contribution in [-0.2, 0) is 6.54 Å². The zero-order valence-electron chi connectivity index (χ0n) is 12.4. The van der Waals surface area contributed by atoms with E-state index in [0.29, 0.717) is 27.3 Å². The predicted molar refractivity (Wildman–Crippen MR) is 99.6 cm³/mol. The molecule has 7 heteroatoms. The van der Waals surface area contributed by atoms with Gasteiger partial charge in [0.25, 0.3) is 5.91 Å². The van der Waals surface area contributed by atoms with Crippen LogP contribution in [0.2, 0.25) is 10.0 Å². The van der Waals surface area contributed by atoms with Crippen LogP contribution < -0.4 is 11.1 Å². The van der Waals surface area contributed by atoms with Gasteiger partial charge in [-0.05, 0) is 42.0 Å². The highest BCUT2D eigenvalue weighted by molar-refractivity contribution is 7.17. The Morgan fingerprint density at radius 3 is 2.75 bits per heavy atom. The van der Waals surface area contributed by atoms with Gasteiger partial charge in [0, 0.05) is 16.6 Å². The summed E-state index contributed by atoms with van der Waals surface area (Å²) >= 11 is 13.3. The van der Waals surface area contributed by atoms with E-state index < -0.39 is 0 Å². The highest BCUT2D eigenvalue weighted by Crippen LogP contribution is 2.27. The molecule has 1 amide bonds. The topological polar surface area (TPSA) is 68.0 Å². The molecule has 3 aromatic rings. The fourth-order valence-electron chi connectivity index (χ4n) is 2.11. The molecule has 0 unspecified atom stereocenters. The number of thiophene rings is 1. The van der Waals surface area contributed by atoms with Gasteiger partial charge in [-0.3, -0.25) is 4.79 Å². The number of carbonyl (C=O) groups excluding carboxylic acids is 1. The minimum atomic E-state index is -0.166. The van der Waals surface area contributed by atoms with E-state index in [1.165, 1.54) is 11.3 Å². The van der Waals surface area contributed by atoms with Gasteiger partial charge in [-0.15, -0.1) is 11.3 Å². The normalized spacial score (nSPS) is 10.6. The fraction of sp³-hybridized carbons (Fsp3) is 0.0588. The van der Waals surface area contributed by atoms with Crippen molar-refractivity contribution in [1.29, 1.82) is 0 Å². The quantitative estimate of drug-likeness (QED) is 0.696. The van der Waals surface area contributed by atoms with Crippen LogP contribution in [0.15, 0.2) is 48.5 Å². The Bertz CT molecular complexity index is 895. The lowest BCUT2D eigenvalue weighted by atomic mass is 10.2. The van der Waals surface area contributed by atoms with E-state index in [4.69, 9.17) is 28.9 Å². The van der Waals surface area contributed by atoms with Gasteiger partial charge in [-0.1, -0.05) is 35.3 Å². The summed E-state index contributed by atoms with van der Waals surface area (Å²) in [5, 5.41) is 3.94. The lowest BCUT2D eigenvalue weighted by Gasteiger charge is -2.06. The summed E-state index contributed by atoms with van der Waals surface area (Å²) < 4.78 is 0. The van der Waals surface area contributed by atoms with E-state index in [9.17, 15) is 4.79 Å². The number of pyridine rings is 1. The lowest BCUT2D eigenvalue weighted by Crippen LogP contribution is -2.21. The third-order valence-electron chi connectivity index (χ3n) is 3.31. The Labute approximate surface area is 153 Å². The molecule has 0 spiro atoms. The molecule has 2 aromatic heterocycles. The molecular weight excluding hydrogens is 365 g/mol. The molecule has 4 nitrogen and oxygen atoms in total. The second-order valence-corrected chi connectivity index (χ2v) is 6.96. The zero-order valence-corrected chi connectivity index (χ0v) is 14.8. The molecule has 0 bridgehead atoms. The summed E-state index contributed by atoms with van der Waals surface area (Å²) in [4.78, 5) is 18.0. The monoisotopic (exact) mass is 377 g/mol. The summed E-state index contributed by atoms with van der Waals surface area (Å²) in [6.45, 7) is 0.332. The van der Waals surface area contributed by atoms with Crippen LogP contribution in [-0.4, -0.2) is 10.9 Å². The fourth-order valence-corrected chi connectivity index (χ4v) is 3.48. The molecular formula is C17H13Cl2N3OS. The van der Waals surface area contributed by atoms with Gasteiger partial charge in [-0.2, -0.15) is 0 Å². The van der Waals surface area contributed by atoms with E-state index in [1.807, 2.05) is 18.2 Å². The van der Waals surface area contributed by atoms with Crippen LogP contribution in [0.3, 0.4) is 0 Å². The standard InChI is InChI=1S/C17H13Cl2N3OS/c18-11-5-4-10(12(19)8-11)9-21-17(23)15-7-6-14(24-15)13-2-1-3-16(20)22-13/h1-8H,9H2,(H2,20,22)(H,21,23). The summed E-state index contributed by atoms with van der Waals surface area (Å²) in [5.41, 5.74) is 7.25. The van der Waals surface area contributed by atoms with Crippen LogP contribution in [0.4, 0.5) is 5.82 Å². The first-order valence-corrected chi connectivity index (χ1v) is 8.65. The van der Waals surface area contributed by atoms with Gasteiger partial charge in [0.1, 0.15) is 5.82 Å². The maximum atomic E-state index is 12.3. The first kappa shape index (κ1) is 16.8. The van der Waals surface area contributed by atoms with Crippen molar-refractivity contribution in [2.24, 2.45) is 0 Å². The zero-order chi connectivity index (χ0) is 17.1. The van der Waals surface area contributed by atoms with Crippen molar-refractivity contribution in [3.8, 4) is 10.6 Å². The van der Waals surface area contributed by atoms with Gasteiger partial charge < -0.3 is 11.1 Å². The number of carbonyl (C=O) groups is 1. The molecule has 1 aromatic carbocycles. The number of hydrogen-bond acceptors (Lipinski definition) is 4. The van der Waals surface area contributed by atoms with Crippen LogP contribution in [0.5, 0.6) is 0 Å². The largest absolute Gasteiger partial charge is 0.384 e. The number of hydrogen-bond donors (Lipinski definition) is 2. The van der Waals surface area contributed by atoms with Crippen LogP contribution in [0.1, 0.15) is 15.2 Å². The number of aromatic nitrogens is 1. The van der Waals surface area contributed by atoms with E-state index in [2.05, 4.69) is 10.3 Å². The second kappa shape index (κ2) is 7.21. The maximum Gasteiger partial charge on any atom is 0.261 e. The Hall–Kier alpha value is -2.08. The predicted octanol–water partition coefficient (Wildman–Crippen LogP) is 4.63. The van der Waals surface area contributed by atoms with Crippen LogP contribution in [0, 0.1) is 0 Å². The SMILES string of the molecule is Nc1cccc(-c2ccc(C(=O)NCc3ccc(Cl)cc3Cl)s2)n1. The third-order valence-corrected chi connectivity index (χ3v) is 5.00. The van der Waals surface area contributed by atoms with Crippen molar-refractivity contribution in [2.45, 2.75) is 6.54 Å². The van der Waals surface area contributed by atoms with E-state index in [0.717, 1.165) is 16.1 Å². The molecule has 0 fully saturated rings. The first-order valence-electron chi connectivity index (χ1n) is 7.08.